The molecule has 0 fully saturated rings. The Balaban J connectivity index is 1.90. The number of guanidine groups is 1. The van der Waals surface area contributed by atoms with Crippen molar-refractivity contribution in [1.82, 2.24) is 20.4 Å². The molecule has 2 rings (SSSR count). The number of hydrogen-bond donors (Lipinski definition) is 1. The Kier molecular flexibility index (Phi) is 4.73. The molecule has 0 radical (unpaired) electrons. The standard InChI is InChI=1S/C13H19N5OS/c1-9-5-12(19-17-9)6-15-13(14-3)18(4)7-11-8-20-10(2)16-11/h5,8H,6-7H2,1-4H3,(H,14,15). The van der Waals surface area contributed by atoms with E-state index in [1.165, 1.54) is 0 Å². The second-order valence-electron chi connectivity index (χ2n) is 4.55. The Morgan fingerprint density at radius 1 is 1.50 bits per heavy atom. The maximum Gasteiger partial charge on any atom is 0.194 e. The number of hydrogen-bond acceptors (Lipinski definition) is 5. The van der Waals surface area contributed by atoms with E-state index in [2.05, 4.69) is 25.8 Å². The van der Waals surface area contributed by atoms with Crippen LogP contribution in [0.3, 0.4) is 0 Å². The number of aryl methyl sites for hydroxylation is 2. The summed E-state index contributed by atoms with van der Waals surface area (Å²) in [6, 6.07) is 1.91. The highest BCUT2D eigenvalue weighted by Crippen LogP contribution is 2.10. The molecule has 0 bridgehead atoms. The Morgan fingerprint density at radius 2 is 2.30 bits per heavy atom. The minimum absolute atomic E-state index is 0.563. The van der Waals surface area contributed by atoms with Crippen molar-refractivity contribution in [3.63, 3.8) is 0 Å². The summed E-state index contributed by atoms with van der Waals surface area (Å²) in [4.78, 5) is 10.7. The predicted octanol–water partition coefficient (Wildman–Crippen LogP) is 1.96. The molecule has 20 heavy (non-hydrogen) atoms. The number of aromatic nitrogens is 2. The Bertz CT molecular complexity index is 589. The summed E-state index contributed by atoms with van der Waals surface area (Å²) < 4.78 is 5.16. The van der Waals surface area contributed by atoms with Crippen LogP contribution >= 0.6 is 11.3 Å². The summed E-state index contributed by atoms with van der Waals surface area (Å²) in [5.41, 5.74) is 1.93. The zero-order chi connectivity index (χ0) is 14.5. The van der Waals surface area contributed by atoms with E-state index in [1.54, 1.807) is 18.4 Å². The maximum atomic E-state index is 5.16. The van der Waals surface area contributed by atoms with Crippen LogP contribution in [0, 0.1) is 13.8 Å². The number of rotatable bonds is 4. The minimum Gasteiger partial charge on any atom is -0.359 e. The Hall–Kier alpha value is -1.89. The molecule has 6 nitrogen and oxygen atoms in total. The first-order chi connectivity index (χ1) is 9.58. The van der Waals surface area contributed by atoms with Crippen LogP contribution in [0.5, 0.6) is 0 Å². The van der Waals surface area contributed by atoms with Gasteiger partial charge >= 0.3 is 0 Å². The van der Waals surface area contributed by atoms with Crippen molar-refractivity contribution in [3.8, 4) is 0 Å². The smallest absolute Gasteiger partial charge is 0.194 e. The van der Waals surface area contributed by atoms with Gasteiger partial charge < -0.3 is 14.7 Å². The van der Waals surface area contributed by atoms with Crippen LogP contribution in [-0.4, -0.2) is 35.1 Å². The number of nitrogens with zero attached hydrogens (tertiary/aromatic N) is 4. The van der Waals surface area contributed by atoms with E-state index in [0.717, 1.165) is 34.7 Å². The molecule has 0 unspecified atom stereocenters. The lowest BCUT2D eigenvalue weighted by Gasteiger charge is -2.20. The average Bonchev–Trinajstić information content (AvgIpc) is 2.99. The molecule has 0 atom stereocenters. The highest BCUT2D eigenvalue weighted by Gasteiger charge is 2.09. The van der Waals surface area contributed by atoms with Gasteiger partial charge in [-0.25, -0.2) is 4.98 Å². The highest BCUT2D eigenvalue weighted by molar-refractivity contribution is 7.09. The summed E-state index contributed by atoms with van der Waals surface area (Å²) in [5.74, 6) is 1.59. The molecule has 0 spiro atoms. The monoisotopic (exact) mass is 293 g/mol. The van der Waals surface area contributed by atoms with Crippen molar-refractivity contribution >= 4 is 17.3 Å². The van der Waals surface area contributed by atoms with Gasteiger partial charge in [-0.15, -0.1) is 11.3 Å². The lowest BCUT2D eigenvalue weighted by Crippen LogP contribution is -2.38. The van der Waals surface area contributed by atoms with Crippen molar-refractivity contribution in [2.24, 2.45) is 4.99 Å². The van der Waals surface area contributed by atoms with E-state index in [1.807, 2.05) is 31.9 Å². The minimum atomic E-state index is 0.563. The number of thiazole rings is 1. The molecular weight excluding hydrogens is 274 g/mol. The zero-order valence-corrected chi connectivity index (χ0v) is 13.0. The number of aliphatic imine (C=N–C) groups is 1. The van der Waals surface area contributed by atoms with E-state index in [0.29, 0.717) is 6.54 Å². The fourth-order valence-corrected chi connectivity index (χ4v) is 2.45. The van der Waals surface area contributed by atoms with Gasteiger partial charge in [0, 0.05) is 25.5 Å². The summed E-state index contributed by atoms with van der Waals surface area (Å²) >= 11 is 1.66. The van der Waals surface area contributed by atoms with E-state index >= 15 is 0 Å². The summed E-state index contributed by atoms with van der Waals surface area (Å²) in [7, 11) is 3.74. The molecule has 0 aliphatic heterocycles. The molecule has 0 aliphatic rings. The molecule has 1 N–H and O–H groups in total. The van der Waals surface area contributed by atoms with Crippen LogP contribution < -0.4 is 5.32 Å². The van der Waals surface area contributed by atoms with Gasteiger partial charge in [0.2, 0.25) is 0 Å². The fourth-order valence-electron chi connectivity index (χ4n) is 1.85. The molecule has 2 aromatic heterocycles. The van der Waals surface area contributed by atoms with Gasteiger partial charge in [0.1, 0.15) is 0 Å². The number of nitrogens with one attached hydrogen (secondary N) is 1. The van der Waals surface area contributed by atoms with Crippen LogP contribution in [0.4, 0.5) is 0 Å². The van der Waals surface area contributed by atoms with Gasteiger partial charge in [-0.1, -0.05) is 5.16 Å². The normalized spacial score (nSPS) is 11.7. The van der Waals surface area contributed by atoms with Gasteiger partial charge in [0.25, 0.3) is 0 Å². The first kappa shape index (κ1) is 14.5. The van der Waals surface area contributed by atoms with Crippen LogP contribution in [0.25, 0.3) is 0 Å². The quantitative estimate of drug-likeness (QED) is 0.689. The van der Waals surface area contributed by atoms with Gasteiger partial charge in [0.15, 0.2) is 11.7 Å². The second kappa shape index (κ2) is 6.51. The largest absolute Gasteiger partial charge is 0.359 e. The molecule has 0 aliphatic carbocycles. The first-order valence-electron chi connectivity index (χ1n) is 6.33. The molecule has 0 amide bonds. The Morgan fingerprint density at radius 3 is 2.85 bits per heavy atom. The molecule has 0 saturated heterocycles. The lowest BCUT2D eigenvalue weighted by atomic mass is 10.4. The first-order valence-corrected chi connectivity index (χ1v) is 7.21. The molecule has 0 aromatic carbocycles. The van der Waals surface area contributed by atoms with Gasteiger partial charge in [-0.05, 0) is 13.8 Å². The van der Waals surface area contributed by atoms with E-state index in [4.69, 9.17) is 4.52 Å². The lowest BCUT2D eigenvalue weighted by molar-refractivity contribution is 0.373. The topological polar surface area (TPSA) is 66.6 Å². The van der Waals surface area contributed by atoms with Gasteiger partial charge in [0.05, 0.1) is 29.5 Å². The molecule has 2 aromatic rings. The second-order valence-corrected chi connectivity index (χ2v) is 5.61. The van der Waals surface area contributed by atoms with Crippen molar-refractivity contribution < 1.29 is 4.52 Å². The third kappa shape index (κ3) is 3.80. The van der Waals surface area contributed by atoms with E-state index in [9.17, 15) is 0 Å². The summed E-state index contributed by atoms with van der Waals surface area (Å²) in [6.07, 6.45) is 0. The fraction of sp³-hybridized carbons (Fsp3) is 0.462. The third-order valence-electron chi connectivity index (χ3n) is 2.74. The van der Waals surface area contributed by atoms with E-state index in [-0.39, 0.29) is 0 Å². The average molecular weight is 293 g/mol. The third-order valence-corrected chi connectivity index (χ3v) is 3.56. The molecule has 2 heterocycles. The van der Waals surface area contributed by atoms with Gasteiger partial charge in [-0.3, -0.25) is 4.99 Å². The van der Waals surface area contributed by atoms with Crippen LogP contribution in [0.15, 0.2) is 21.0 Å². The highest BCUT2D eigenvalue weighted by atomic mass is 32.1. The van der Waals surface area contributed by atoms with Crippen molar-refractivity contribution in [1.29, 1.82) is 0 Å². The van der Waals surface area contributed by atoms with Crippen LogP contribution in [0.1, 0.15) is 22.2 Å². The zero-order valence-electron chi connectivity index (χ0n) is 12.2. The molecular formula is C13H19N5OS. The van der Waals surface area contributed by atoms with Gasteiger partial charge in [-0.2, -0.15) is 0 Å². The molecule has 108 valence electrons. The summed E-state index contributed by atoms with van der Waals surface area (Å²) in [6.45, 7) is 5.19. The van der Waals surface area contributed by atoms with Crippen LogP contribution in [-0.2, 0) is 13.1 Å². The van der Waals surface area contributed by atoms with Crippen molar-refractivity contribution in [3.05, 3.63) is 33.6 Å². The molecule has 7 heteroatoms. The SMILES string of the molecule is CN=C(NCc1cc(C)no1)N(C)Cc1csc(C)n1. The maximum absolute atomic E-state index is 5.16. The summed E-state index contributed by atoms with van der Waals surface area (Å²) in [5, 5.41) is 10.2. The molecule has 0 saturated carbocycles. The van der Waals surface area contributed by atoms with E-state index < -0.39 is 0 Å². The Labute approximate surface area is 122 Å². The van der Waals surface area contributed by atoms with Crippen molar-refractivity contribution in [2.75, 3.05) is 14.1 Å². The van der Waals surface area contributed by atoms with Crippen LogP contribution in [0.2, 0.25) is 0 Å². The predicted molar refractivity (Wildman–Crippen MR) is 79.8 cm³/mol. The van der Waals surface area contributed by atoms with Crippen molar-refractivity contribution in [2.45, 2.75) is 26.9 Å².